The van der Waals surface area contributed by atoms with Crippen molar-refractivity contribution < 1.29 is 14.4 Å². The number of rotatable bonds is 6. The van der Waals surface area contributed by atoms with E-state index in [-0.39, 0.29) is 35.1 Å². The first-order valence-electron chi connectivity index (χ1n) is 7.75. The van der Waals surface area contributed by atoms with Crippen LogP contribution in [0.5, 0.6) is 0 Å². The van der Waals surface area contributed by atoms with Crippen LogP contribution >= 0.6 is 35.0 Å². The van der Waals surface area contributed by atoms with Crippen molar-refractivity contribution in [1.29, 1.82) is 0 Å². The first kappa shape index (κ1) is 19.8. The number of carbonyl (C=O) groups is 3. The molecule has 0 spiro atoms. The summed E-state index contributed by atoms with van der Waals surface area (Å²) in [5, 5.41) is 3.05. The molecule has 0 radical (unpaired) electrons. The van der Waals surface area contributed by atoms with Crippen molar-refractivity contribution in [3.8, 4) is 0 Å². The minimum Gasteiger partial charge on any atom is -0.354 e. The minimum atomic E-state index is -0.399. The molecule has 1 saturated heterocycles. The van der Waals surface area contributed by atoms with Gasteiger partial charge in [-0.15, -0.1) is 0 Å². The van der Waals surface area contributed by atoms with Crippen LogP contribution in [0.1, 0.15) is 25.8 Å². The number of thioether (sulfide) groups is 1. The van der Waals surface area contributed by atoms with E-state index in [4.69, 9.17) is 23.2 Å². The van der Waals surface area contributed by atoms with E-state index in [2.05, 4.69) is 5.32 Å². The van der Waals surface area contributed by atoms with Gasteiger partial charge in [-0.3, -0.25) is 19.3 Å². The number of amides is 3. The quantitative estimate of drug-likeness (QED) is 0.726. The van der Waals surface area contributed by atoms with Crippen molar-refractivity contribution in [2.45, 2.75) is 20.3 Å². The van der Waals surface area contributed by atoms with Gasteiger partial charge in [-0.2, -0.15) is 0 Å². The first-order valence-corrected chi connectivity index (χ1v) is 9.33. The monoisotopic (exact) mass is 400 g/mol. The molecule has 0 unspecified atom stereocenters. The van der Waals surface area contributed by atoms with Crippen molar-refractivity contribution in [3.63, 3.8) is 0 Å². The molecule has 1 N–H and O–H groups in total. The normalized spacial score (nSPS) is 16.2. The summed E-state index contributed by atoms with van der Waals surface area (Å²) in [5.74, 6) is -0.241. The predicted octanol–water partition coefficient (Wildman–Crippen LogP) is 4.19. The summed E-state index contributed by atoms with van der Waals surface area (Å²) < 4.78 is 0. The molecule has 2 rings (SSSR count). The molecule has 0 aromatic heterocycles. The molecule has 5 nitrogen and oxygen atoms in total. The summed E-state index contributed by atoms with van der Waals surface area (Å²) in [4.78, 5) is 37.5. The van der Waals surface area contributed by atoms with Crippen LogP contribution in [0, 0.1) is 5.92 Å². The fourth-order valence-corrected chi connectivity index (χ4v) is 3.43. The van der Waals surface area contributed by atoms with E-state index < -0.39 is 5.91 Å². The van der Waals surface area contributed by atoms with Gasteiger partial charge in [-0.25, -0.2) is 0 Å². The van der Waals surface area contributed by atoms with Crippen molar-refractivity contribution in [1.82, 2.24) is 10.2 Å². The van der Waals surface area contributed by atoms with Gasteiger partial charge in [0.1, 0.15) is 0 Å². The van der Waals surface area contributed by atoms with Crippen molar-refractivity contribution in [2.75, 3.05) is 13.1 Å². The second-order valence-electron chi connectivity index (χ2n) is 5.92. The Morgan fingerprint density at radius 1 is 1.32 bits per heavy atom. The van der Waals surface area contributed by atoms with E-state index in [0.29, 0.717) is 22.0 Å². The van der Waals surface area contributed by atoms with Crippen LogP contribution in [-0.2, 0) is 9.59 Å². The molecule has 1 aliphatic heterocycles. The van der Waals surface area contributed by atoms with Crippen LogP contribution in [0.25, 0.3) is 6.08 Å². The smallest absolute Gasteiger partial charge is 0.293 e. The highest BCUT2D eigenvalue weighted by atomic mass is 35.5. The molecule has 1 aromatic rings. The summed E-state index contributed by atoms with van der Waals surface area (Å²) in [6, 6.07) is 5.08. The maximum absolute atomic E-state index is 12.4. The van der Waals surface area contributed by atoms with Crippen molar-refractivity contribution >= 4 is 58.1 Å². The lowest BCUT2D eigenvalue weighted by atomic mass is 10.1. The molecule has 3 amide bonds. The van der Waals surface area contributed by atoms with Crippen molar-refractivity contribution in [3.05, 3.63) is 38.7 Å². The zero-order chi connectivity index (χ0) is 18.6. The van der Waals surface area contributed by atoms with Gasteiger partial charge < -0.3 is 5.32 Å². The summed E-state index contributed by atoms with van der Waals surface area (Å²) >= 11 is 12.9. The fourth-order valence-electron chi connectivity index (χ4n) is 2.22. The molecule has 1 fully saturated rings. The number of nitrogens with one attached hydrogen (secondary N) is 1. The predicted molar refractivity (Wildman–Crippen MR) is 102 cm³/mol. The maximum atomic E-state index is 12.4. The van der Waals surface area contributed by atoms with Crippen LogP contribution in [0.4, 0.5) is 4.79 Å². The zero-order valence-electron chi connectivity index (χ0n) is 13.8. The lowest BCUT2D eigenvalue weighted by Crippen LogP contribution is -2.37. The lowest BCUT2D eigenvalue weighted by molar-refractivity contribution is -0.124. The lowest BCUT2D eigenvalue weighted by Gasteiger charge is -2.13. The molecule has 134 valence electrons. The molecule has 0 saturated carbocycles. The SMILES string of the molecule is CC(C)CC(=O)NCCN1C(=O)SC(=Cc2cccc(Cl)c2Cl)C1=O. The molecule has 0 atom stereocenters. The third-order valence-electron chi connectivity index (χ3n) is 3.39. The third-order valence-corrected chi connectivity index (χ3v) is 5.13. The van der Waals surface area contributed by atoms with Crippen LogP contribution in [0.15, 0.2) is 23.1 Å². The first-order chi connectivity index (χ1) is 11.8. The number of benzene rings is 1. The van der Waals surface area contributed by atoms with Gasteiger partial charge in [0.15, 0.2) is 0 Å². The number of hydrogen-bond donors (Lipinski definition) is 1. The second kappa shape index (κ2) is 8.74. The van der Waals surface area contributed by atoms with E-state index in [1.54, 1.807) is 24.3 Å². The standard InChI is InChI=1S/C17H18Cl2N2O3S/c1-10(2)8-14(22)20-6-7-21-16(23)13(25-17(21)24)9-11-4-3-5-12(18)15(11)19/h3-5,9-10H,6-8H2,1-2H3,(H,20,22). The third kappa shape index (κ3) is 5.23. The van der Waals surface area contributed by atoms with Crippen LogP contribution in [0.3, 0.4) is 0 Å². The van der Waals surface area contributed by atoms with E-state index in [9.17, 15) is 14.4 Å². The Balaban J connectivity index is 2.01. The highest BCUT2D eigenvalue weighted by molar-refractivity contribution is 8.18. The van der Waals surface area contributed by atoms with E-state index in [1.807, 2.05) is 13.8 Å². The molecule has 1 heterocycles. The Bertz CT molecular complexity index is 735. The van der Waals surface area contributed by atoms with Crippen LogP contribution in [0.2, 0.25) is 10.0 Å². The van der Waals surface area contributed by atoms with Gasteiger partial charge in [0, 0.05) is 19.5 Å². The van der Waals surface area contributed by atoms with Crippen molar-refractivity contribution in [2.24, 2.45) is 5.92 Å². The number of imide groups is 1. The Morgan fingerprint density at radius 2 is 2.04 bits per heavy atom. The number of nitrogens with zero attached hydrogens (tertiary/aromatic N) is 1. The van der Waals surface area contributed by atoms with Gasteiger partial charge >= 0.3 is 0 Å². The molecule has 1 aromatic carbocycles. The zero-order valence-corrected chi connectivity index (χ0v) is 16.2. The Morgan fingerprint density at radius 3 is 2.72 bits per heavy atom. The molecule has 8 heteroatoms. The molecular formula is C17H18Cl2N2O3S. The molecule has 0 aliphatic carbocycles. The Hall–Kier alpha value is -1.50. The molecular weight excluding hydrogens is 383 g/mol. The average molecular weight is 401 g/mol. The molecule has 0 bridgehead atoms. The summed E-state index contributed by atoms with van der Waals surface area (Å²) in [5.41, 5.74) is 0.574. The topological polar surface area (TPSA) is 66.5 Å². The van der Waals surface area contributed by atoms with Gasteiger partial charge in [-0.1, -0.05) is 49.2 Å². The average Bonchev–Trinajstić information content (AvgIpc) is 2.78. The summed E-state index contributed by atoms with van der Waals surface area (Å²) in [7, 11) is 0. The largest absolute Gasteiger partial charge is 0.354 e. The fraction of sp³-hybridized carbons (Fsp3) is 0.353. The van der Waals surface area contributed by atoms with E-state index in [0.717, 1.165) is 16.7 Å². The number of halogens is 2. The van der Waals surface area contributed by atoms with Crippen LogP contribution in [-0.4, -0.2) is 35.0 Å². The van der Waals surface area contributed by atoms with Gasteiger partial charge in [0.25, 0.3) is 11.1 Å². The second-order valence-corrected chi connectivity index (χ2v) is 7.70. The number of carbonyl (C=O) groups excluding carboxylic acids is 3. The Kier molecular flexibility index (Phi) is 6.93. The molecule has 25 heavy (non-hydrogen) atoms. The van der Waals surface area contributed by atoms with Gasteiger partial charge in [-0.05, 0) is 35.4 Å². The van der Waals surface area contributed by atoms with E-state index >= 15 is 0 Å². The highest BCUT2D eigenvalue weighted by Gasteiger charge is 2.34. The minimum absolute atomic E-state index is 0.0942. The summed E-state index contributed by atoms with van der Waals surface area (Å²) in [6.45, 7) is 4.26. The number of hydrogen-bond acceptors (Lipinski definition) is 4. The highest BCUT2D eigenvalue weighted by Crippen LogP contribution is 2.34. The van der Waals surface area contributed by atoms with Gasteiger partial charge in [0.05, 0.1) is 15.0 Å². The van der Waals surface area contributed by atoms with Crippen LogP contribution < -0.4 is 5.32 Å². The molecule has 1 aliphatic rings. The van der Waals surface area contributed by atoms with Gasteiger partial charge in [0.2, 0.25) is 5.91 Å². The van der Waals surface area contributed by atoms with E-state index in [1.165, 1.54) is 0 Å². The summed E-state index contributed by atoms with van der Waals surface area (Å²) in [6.07, 6.45) is 1.96. The Labute approximate surface area is 160 Å². The maximum Gasteiger partial charge on any atom is 0.293 e.